The summed E-state index contributed by atoms with van der Waals surface area (Å²) in [6, 6.07) is 7.72. The number of aromatic nitrogens is 3. The third-order valence-corrected chi connectivity index (χ3v) is 4.87. The highest BCUT2D eigenvalue weighted by Crippen LogP contribution is 2.23. The van der Waals surface area contributed by atoms with E-state index >= 15 is 0 Å². The van der Waals surface area contributed by atoms with Crippen LogP contribution in [0.4, 0.5) is 10.6 Å². The molecule has 6 nitrogen and oxygen atoms in total. The molecule has 0 aromatic carbocycles. The topological polar surface area (TPSA) is 71.0 Å². The predicted octanol–water partition coefficient (Wildman–Crippen LogP) is 3.96. The Morgan fingerprint density at radius 2 is 1.96 bits per heavy atom. The fraction of sp³-hybridized carbons (Fsp3) is 0.300. The van der Waals surface area contributed by atoms with Crippen LogP contribution in [0.15, 0.2) is 49.1 Å². The van der Waals surface area contributed by atoms with Gasteiger partial charge in [-0.25, -0.2) is 9.78 Å². The monoisotopic (exact) mass is 347 g/mol. The highest BCUT2D eigenvalue weighted by Gasteiger charge is 2.20. The second-order valence-corrected chi connectivity index (χ2v) is 6.83. The maximum absolute atomic E-state index is 12.4. The van der Waals surface area contributed by atoms with Crippen molar-refractivity contribution in [3.05, 3.63) is 49.1 Å². The third kappa shape index (κ3) is 3.49. The van der Waals surface area contributed by atoms with E-state index in [2.05, 4.69) is 27.2 Å². The summed E-state index contributed by atoms with van der Waals surface area (Å²) in [5, 5.41) is 3.85. The molecule has 0 radical (unpaired) electrons. The molecule has 0 bridgehead atoms. The molecule has 2 amide bonds. The average molecular weight is 347 g/mol. The van der Waals surface area contributed by atoms with E-state index in [4.69, 9.17) is 0 Å². The standard InChI is InChI=1S/C20H21N5O/c1-14-4-7-25(8-5-14)20(26)24-19-10-16-9-17(12-22-18(16)13-23-19)15-3-2-6-21-11-15/h2-3,6,9-14H,4-5,7-8H2,1H3,(H,23,24,26). The molecule has 1 aliphatic rings. The summed E-state index contributed by atoms with van der Waals surface area (Å²) in [6.07, 6.45) is 9.17. The zero-order chi connectivity index (χ0) is 17.9. The zero-order valence-electron chi connectivity index (χ0n) is 14.7. The lowest BCUT2D eigenvalue weighted by atomic mass is 10.00. The summed E-state index contributed by atoms with van der Waals surface area (Å²) in [4.78, 5) is 27.2. The number of amides is 2. The van der Waals surface area contributed by atoms with Gasteiger partial charge in [-0.05, 0) is 37.0 Å². The quantitative estimate of drug-likeness (QED) is 0.762. The number of nitrogens with one attached hydrogen (secondary N) is 1. The van der Waals surface area contributed by atoms with E-state index in [1.54, 1.807) is 12.4 Å². The lowest BCUT2D eigenvalue weighted by Gasteiger charge is -2.30. The number of rotatable bonds is 2. The van der Waals surface area contributed by atoms with E-state index in [0.717, 1.165) is 48.0 Å². The Morgan fingerprint density at radius 1 is 1.12 bits per heavy atom. The van der Waals surface area contributed by atoms with Gasteiger partial charge in [-0.1, -0.05) is 13.0 Å². The fourth-order valence-electron chi connectivity index (χ4n) is 3.19. The van der Waals surface area contributed by atoms with E-state index in [1.165, 1.54) is 0 Å². The van der Waals surface area contributed by atoms with Crippen LogP contribution in [0.3, 0.4) is 0 Å². The van der Waals surface area contributed by atoms with Gasteiger partial charge in [0.2, 0.25) is 0 Å². The van der Waals surface area contributed by atoms with Crippen molar-refractivity contribution in [3.63, 3.8) is 0 Å². The highest BCUT2D eigenvalue weighted by atomic mass is 16.2. The Bertz CT molecular complexity index is 920. The van der Waals surface area contributed by atoms with E-state index < -0.39 is 0 Å². The lowest BCUT2D eigenvalue weighted by molar-refractivity contribution is 0.186. The van der Waals surface area contributed by atoms with Crippen molar-refractivity contribution >= 4 is 22.8 Å². The molecule has 4 rings (SSSR count). The summed E-state index contributed by atoms with van der Waals surface area (Å²) in [7, 11) is 0. The van der Waals surface area contributed by atoms with Crippen molar-refractivity contribution in [3.8, 4) is 11.1 Å². The van der Waals surface area contributed by atoms with Crippen LogP contribution >= 0.6 is 0 Å². The summed E-state index contributed by atoms with van der Waals surface area (Å²) in [5.74, 6) is 1.24. The molecule has 26 heavy (non-hydrogen) atoms. The molecule has 0 unspecified atom stereocenters. The van der Waals surface area contributed by atoms with Crippen molar-refractivity contribution in [1.29, 1.82) is 0 Å². The Balaban J connectivity index is 1.55. The lowest BCUT2D eigenvalue weighted by Crippen LogP contribution is -2.40. The molecule has 0 spiro atoms. The normalized spacial score (nSPS) is 15.2. The van der Waals surface area contributed by atoms with Gasteiger partial charge in [0, 0.05) is 48.2 Å². The molecule has 4 heterocycles. The summed E-state index contributed by atoms with van der Waals surface area (Å²) in [5.41, 5.74) is 2.79. The number of carbonyl (C=O) groups excluding carboxylic acids is 1. The Hall–Kier alpha value is -3.02. The molecule has 3 aromatic heterocycles. The molecule has 6 heteroatoms. The molecule has 132 valence electrons. The van der Waals surface area contributed by atoms with Gasteiger partial charge >= 0.3 is 6.03 Å². The van der Waals surface area contributed by atoms with Crippen molar-refractivity contribution < 1.29 is 4.79 Å². The minimum absolute atomic E-state index is 0.0832. The largest absolute Gasteiger partial charge is 0.324 e. The molecule has 1 saturated heterocycles. The predicted molar refractivity (Wildman–Crippen MR) is 102 cm³/mol. The minimum atomic E-state index is -0.0832. The number of nitrogens with zero attached hydrogens (tertiary/aromatic N) is 4. The molecule has 3 aromatic rings. The van der Waals surface area contributed by atoms with Crippen LogP contribution in [0.2, 0.25) is 0 Å². The van der Waals surface area contributed by atoms with Gasteiger partial charge in [0.1, 0.15) is 5.82 Å². The van der Waals surface area contributed by atoms with Gasteiger partial charge in [-0.15, -0.1) is 0 Å². The number of hydrogen-bond acceptors (Lipinski definition) is 4. The average Bonchev–Trinajstić information content (AvgIpc) is 2.68. The first-order chi connectivity index (χ1) is 12.7. The first-order valence-corrected chi connectivity index (χ1v) is 8.91. The second kappa shape index (κ2) is 7.07. The Labute approximate surface area is 152 Å². The van der Waals surface area contributed by atoms with Crippen molar-refractivity contribution in [1.82, 2.24) is 19.9 Å². The van der Waals surface area contributed by atoms with Gasteiger partial charge in [0.15, 0.2) is 0 Å². The summed E-state index contributed by atoms with van der Waals surface area (Å²) >= 11 is 0. The van der Waals surface area contributed by atoms with Gasteiger partial charge in [0.05, 0.1) is 11.7 Å². The number of likely N-dealkylation sites (tertiary alicyclic amines) is 1. The van der Waals surface area contributed by atoms with Crippen molar-refractivity contribution in [2.24, 2.45) is 5.92 Å². The number of anilines is 1. The zero-order valence-corrected chi connectivity index (χ0v) is 14.7. The Kier molecular flexibility index (Phi) is 4.48. The summed E-state index contributed by atoms with van der Waals surface area (Å²) < 4.78 is 0. The molecule has 1 aliphatic heterocycles. The van der Waals surface area contributed by atoms with Gasteiger partial charge in [-0.3, -0.25) is 15.3 Å². The van der Waals surface area contributed by atoms with Crippen LogP contribution in [0, 0.1) is 5.92 Å². The van der Waals surface area contributed by atoms with E-state index in [-0.39, 0.29) is 6.03 Å². The van der Waals surface area contributed by atoms with Crippen LogP contribution in [0.25, 0.3) is 22.0 Å². The molecule has 0 saturated carbocycles. The first kappa shape index (κ1) is 16.4. The Morgan fingerprint density at radius 3 is 2.73 bits per heavy atom. The van der Waals surface area contributed by atoms with Gasteiger partial charge < -0.3 is 4.90 Å². The van der Waals surface area contributed by atoms with Crippen LogP contribution in [-0.4, -0.2) is 39.0 Å². The van der Waals surface area contributed by atoms with Crippen LogP contribution in [-0.2, 0) is 0 Å². The minimum Gasteiger partial charge on any atom is -0.324 e. The van der Waals surface area contributed by atoms with E-state index in [0.29, 0.717) is 11.7 Å². The van der Waals surface area contributed by atoms with Gasteiger partial charge in [-0.2, -0.15) is 0 Å². The molecule has 1 fully saturated rings. The van der Waals surface area contributed by atoms with Crippen molar-refractivity contribution in [2.75, 3.05) is 18.4 Å². The number of pyridine rings is 3. The number of fused-ring (bicyclic) bond motifs is 1. The first-order valence-electron chi connectivity index (χ1n) is 8.91. The van der Waals surface area contributed by atoms with Gasteiger partial charge in [0.25, 0.3) is 0 Å². The molecule has 1 N–H and O–H groups in total. The van der Waals surface area contributed by atoms with Crippen LogP contribution < -0.4 is 5.32 Å². The van der Waals surface area contributed by atoms with E-state index in [9.17, 15) is 4.79 Å². The maximum atomic E-state index is 12.4. The van der Waals surface area contributed by atoms with E-state index in [1.807, 2.05) is 41.6 Å². The number of hydrogen-bond donors (Lipinski definition) is 1. The van der Waals surface area contributed by atoms with Crippen LogP contribution in [0.5, 0.6) is 0 Å². The summed E-state index contributed by atoms with van der Waals surface area (Å²) in [6.45, 7) is 3.83. The highest BCUT2D eigenvalue weighted by molar-refractivity contribution is 5.91. The second-order valence-electron chi connectivity index (χ2n) is 6.83. The molecule has 0 atom stereocenters. The smallest absolute Gasteiger partial charge is 0.323 e. The number of carbonyl (C=O) groups is 1. The fourth-order valence-corrected chi connectivity index (χ4v) is 3.19. The molecule has 0 aliphatic carbocycles. The van der Waals surface area contributed by atoms with Crippen LogP contribution in [0.1, 0.15) is 19.8 Å². The molecular weight excluding hydrogens is 326 g/mol. The third-order valence-electron chi connectivity index (χ3n) is 4.87. The number of piperidine rings is 1. The molecular formula is C20H21N5O. The maximum Gasteiger partial charge on any atom is 0.323 e. The van der Waals surface area contributed by atoms with Crippen molar-refractivity contribution in [2.45, 2.75) is 19.8 Å². The SMILES string of the molecule is CC1CCN(C(=O)Nc2cc3cc(-c4cccnc4)cnc3cn2)CC1. The number of urea groups is 1.